The number of benzene rings is 1. The maximum atomic E-state index is 13.4. The highest BCUT2D eigenvalue weighted by Crippen LogP contribution is 2.27. The van der Waals surface area contributed by atoms with E-state index < -0.39 is 28.8 Å². The number of amides is 1. The number of carbonyl (C=O) groups excluding carboxylic acids is 1. The van der Waals surface area contributed by atoms with Crippen LogP contribution < -0.4 is 15.2 Å². The predicted molar refractivity (Wildman–Crippen MR) is 131 cm³/mol. The fraction of sp³-hybridized carbons (Fsp3) is 0.375. The lowest BCUT2D eigenvalue weighted by Crippen LogP contribution is -2.43. The number of aromatic carboxylic acids is 1. The molecular weight excluding hydrogens is 444 g/mol. The normalized spacial score (nSPS) is 11.8. The van der Waals surface area contributed by atoms with E-state index in [1.54, 1.807) is 32.9 Å². The Morgan fingerprint density at radius 2 is 1.85 bits per heavy atom. The average molecular weight is 475 g/mol. The summed E-state index contributed by atoms with van der Waals surface area (Å²) < 4.78 is 12.3. The average Bonchev–Trinajstić information content (AvgIpc) is 2.75. The summed E-state index contributed by atoms with van der Waals surface area (Å²) in [6, 6.07) is 9.09. The zero-order valence-corrected chi connectivity index (χ0v) is 20.6. The van der Waals surface area contributed by atoms with Crippen molar-refractivity contribution in [1.82, 2.24) is 4.68 Å². The van der Waals surface area contributed by atoms with Crippen molar-refractivity contribution in [3.05, 3.63) is 69.6 Å². The molecule has 0 aliphatic carbocycles. The first-order valence-electron chi connectivity index (χ1n) is 10.4. The number of carboxylic acids is 1. The quantitative estimate of drug-likeness (QED) is 0.590. The van der Waals surface area contributed by atoms with Gasteiger partial charge in [0.2, 0.25) is 11.2 Å². The second-order valence-corrected chi connectivity index (χ2v) is 9.01. The minimum Gasteiger partial charge on any atom is -0.482 e. The molecule has 2 aromatic rings. The Hall–Kier alpha value is -3.20. The van der Waals surface area contributed by atoms with Gasteiger partial charge in [0.1, 0.15) is 12.2 Å². The Labute approximate surface area is 197 Å². The highest BCUT2D eigenvalue weighted by Gasteiger charge is 2.29. The van der Waals surface area contributed by atoms with Crippen LogP contribution in [0.25, 0.3) is 4.91 Å². The molecule has 0 unspecified atom stereocenters. The van der Waals surface area contributed by atoms with Gasteiger partial charge in [0.15, 0.2) is 5.69 Å². The molecule has 2 rings (SSSR count). The molecule has 0 radical (unpaired) electrons. The maximum Gasteiger partial charge on any atom is 0.429 e. The van der Waals surface area contributed by atoms with Crippen molar-refractivity contribution in [3.8, 4) is 5.75 Å². The monoisotopic (exact) mass is 474 g/mol. The van der Waals surface area contributed by atoms with Gasteiger partial charge in [-0.1, -0.05) is 43.3 Å². The van der Waals surface area contributed by atoms with E-state index in [-0.39, 0.29) is 17.9 Å². The molecule has 0 bridgehead atoms. The molecule has 0 saturated heterocycles. The molecule has 1 amide bonds. The number of carboxylic acid groups (broad SMARTS) is 1. The Balaban J connectivity index is 2.72. The zero-order chi connectivity index (χ0) is 24.8. The van der Waals surface area contributed by atoms with E-state index in [2.05, 4.69) is 0 Å². The number of carbonyl (C=O) groups is 2. The minimum absolute atomic E-state index is 0.0118. The molecule has 9 heteroatoms. The molecule has 0 spiro atoms. The van der Waals surface area contributed by atoms with Crippen LogP contribution in [0.2, 0.25) is 0 Å². The Morgan fingerprint density at radius 1 is 1.21 bits per heavy atom. The summed E-state index contributed by atoms with van der Waals surface area (Å²) in [5, 5.41) is 11.0. The van der Waals surface area contributed by atoms with Gasteiger partial charge in [-0.05, 0) is 39.0 Å². The van der Waals surface area contributed by atoms with Crippen LogP contribution in [-0.4, -0.2) is 40.7 Å². The molecule has 0 aliphatic heterocycles. The van der Waals surface area contributed by atoms with Crippen molar-refractivity contribution in [2.75, 3.05) is 18.3 Å². The lowest BCUT2D eigenvalue weighted by atomic mass is 10.2. The van der Waals surface area contributed by atoms with E-state index in [1.165, 1.54) is 25.0 Å². The van der Waals surface area contributed by atoms with Crippen LogP contribution in [0.5, 0.6) is 5.75 Å². The highest BCUT2D eigenvalue weighted by atomic mass is 32.2. The largest absolute Gasteiger partial charge is 0.482 e. The molecule has 0 atom stereocenters. The number of aromatic nitrogens is 1. The van der Waals surface area contributed by atoms with Crippen LogP contribution in [0.3, 0.4) is 0 Å². The van der Waals surface area contributed by atoms with Gasteiger partial charge in [-0.3, -0.25) is 4.79 Å². The molecule has 8 nitrogen and oxygen atoms in total. The number of thioether (sulfide) groups is 1. The second-order valence-electron chi connectivity index (χ2n) is 8.16. The molecule has 0 saturated carbocycles. The number of ether oxygens (including phenoxy) is 2. The standard InChI is InChI=1S/C24H30N2O6S/c1-7-11-18(33-6)17-14-26(25(5)23(30)32-24(2,3)4)19(22(28)29)21(20(17)27)31-15-16-12-9-8-10-13-16/h8-14H,7,15H2,1-6H3,(H,28,29). The minimum atomic E-state index is -1.41. The number of rotatable bonds is 8. The van der Waals surface area contributed by atoms with Crippen molar-refractivity contribution in [1.29, 1.82) is 0 Å². The number of allylic oxidation sites excluding steroid dienone is 1. The molecule has 1 N–H and O–H groups in total. The van der Waals surface area contributed by atoms with E-state index in [9.17, 15) is 19.5 Å². The van der Waals surface area contributed by atoms with E-state index in [1.807, 2.05) is 37.5 Å². The van der Waals surface area contributed by atoms with Crippen LogP contribution in [0.4, 0.5) is 4.79 Å². The van der Waals surface area contributed by atoms with E-state index in [0.29, 0.717) is 11.3 Å². The number of pyridine rings is 1. The van der Waals surface area contributed by atoms with Gasteiger partial charge >= 0.3 is 12.1 Å². The summed E-state index contributed by atoms with van der Waals surface area (Å²) in [5.74, 6) is -1.77. The van der Waals surface area contributed by atoms with E-state index in [4.69, 9.17) is 9.47 Å². The van der Waals surface area contributed by atoms with Crippen molar-refractivity contribution in [2.24, 2.45) is 0 Å². The van der Waals surface area contributed by atoms with Gasteiger partial charge in [0, 0.05) is 18.1 Å². The topological polar surface area (TPSA) is 98.1 Å². The predicted octanol–water partition coefficient (Wildman–Crippen LogP) is 4.74. The lowest BCUT2D eigenvalue weighted by molar-refractivity contribution is 0.0544. The van der Waals surface area contributed by atoms with Crippen molar-refractivity contribution < 1.29 is 24.2 Å². The van der Waals surface area contributed by atoms with Crippen LogP contribution in [0.1, 0.15) is 55.7 Å². The smallest absolute Gasteiger partial charge is 0.429 e. The van der Waals surface area contributed by atoms with Gasteiger partial charge in [0.05, 0.1) is 5.56 Å². The third-order valence-corrected chi connectivity index (χ3v) is 5.26. The van der Waals surface area contributed by atoms with Crippen molar-refractivity contribution in [3.63, 3.8) is 0 Å². The number of hydrogen-bond acceptors (Lipinski definition) is 6. The van der Waals surface area contributed by atoms with Crippen molar-refractivity contribution >= 4 is 28.7 Å². The van der Waals surface area contributed by atoms with Crippen LogP contribution in [-0.2, 0) is 11.3 Å². The molecular formula is C24H30N2O6S. The summed E-state index contributed by atoms with van der Waals surface area (Å²) in [6.07, 6.45) is 4.90. The van der Waals surface area contributed by atoms with Gasteiger partial charge in [0.25, 0.3) is 0 Å². The first-order chi connectivity index (χ1) is 15.5. The summed E-state index contributed by atoms with van der Waals surface area (Å²) in [7, 11) is 1.37. The summed E-state index contributed by atoms with van der Waals surface area (Å²) in [4.78, 5) is 39.0. The SMILES string of the molecule is CCC=C(SC)c1cn(N(C)C(=O)OC(C)(C)C)c(C(=O)O)c(OCc2ccccc2)c1=O. The fourth-order valence-corrected chi connectivity index (χ4v) is 3.65. The van der Waals surface area contributed by atoms with Crippen LogP contribution in [0.15, 0.2) is 47.4 Å². The molecule has 178 valence electrons. The van der Waals surface area contributed by atoms with Crippen LogP contribution >= 0.6 is 11.8 Å². The van der Waals surface area contributed by atoms with Crippen molar-refractivity contribution in [2.45, 2.75) is 46.3 Å². The molecule has 33 heavy (non-hydrogen) atoms. The van der Waals surface area contributed by atoms with E-state index >= 15 is 0 Å². The zero-order valence-electron chi connectivity index (χ0n) is 19.7. The molecule has 1 aromatic carbocycles. The third kappa shape index (κ3) is 6.64. The molecule has 0 fully saturated rings. The first kappa shape index (κ1) is 26.1. The number of hydrogen-bond donors (Lipinski definition) is 1. The van der Waals surface area contributed by atoms with Crippen LogP contribution in [0, 0.1) is 0 Å². The van der Waals surface area contributed by atoms with Gasteiger partial charge < -0.3 is 14.6 Å². The van der Waals surface area contributed by atoms with Gasteiger partial charge in [-0.25, -0.2) is 19.3 Å². The van der Waals surface area contributed by atoms with E-state index in [0.717, 1.165) is 15.2 Å². The Kier molecular flexibility index (Phi) is 8.76. The first-order valence-corrected chi connectivity index (χ1v) is 11.6. The Morgan fingerprint density at radius 3 is 2.36 bits per heavy atom. The number of nitrogens with zero attached hydrogens (tertiary/aromatic N) is 2. The maximum absolute atomic E-state index is 13.4. The molecule has 1 aromatic heterocycles. The second kappa shape index (κ2) is 11.1. The van der Waals surface area contributed by atoms with Gasteiger partial charge in [-0.2, -0.15) is 0 Å². The summed E-state index contributed by atoms with van der Waals surface area (Å²) in [6.45, 7) is 7.04. The molecule has 0 aliphatic rings. The van der Waals surface area contributed by atoms with Gasteiger partial charge in [-0.15, -0.1) is 11.8 Å². The summed E-state index contributed by atoms with van der Waals surface area (Å²) >= 11 is 1.35. The third-order valence-electron chi connectivity index (χ3n) is 4.43. The molecule has 1 heterocycles. The highest BCUT2D eigenvalue weighted by molar-refractivity contribution is 8.07. The Bertz CT molecular complexity index is 1090. The lowest BCUT2D eigenvalue weighted by Gasteiger charge is -2.28. The summed E-state index contributed by atoms with van der Waals surface area (Å²) in [5.41, 5.74) is -0.834. The fourth-order valence-electron chi connectivity index (χ4n) is 2.95.